The van der Waals surface area contributed by atoms with Crippen LogP contribution in [-0.4, -0.2) is 13.4 Å². The molecule has 98 valence electrons. The summed E-state index contributed by atoms with van der Waals surface area (Å²) in [5.41, 5.74) is 0.448. The summed E-state index contributed by atoms with van der Waals surface area (Å²) < 4.78 is 37.3. The molecule has 0 N–H and O–H groups in total. The Labute approximate surface area is 115 Å². The normalized spacial score (nSPS) is 11.9. The maximum atomic E-state index is 13.4. The summed E-state index contributed by atoms with van der Waals surface area (Å²) in [6, 6.07) is 8.43. The first-order chi connectivity index (χ1) is 9.00. The molecular weight excluding hydrogens is 289 g/mol. The van der Waals surface area contributed by atoms with E-state index in [9.17, 15) is 12.8 Å². The lowest BCUT2D eigenvalue weighted by atomic mass is 10.3. The van der Waals surface area contributed by atoms with Crippen LogP contribution in [0.1, 0.15) is 5.56 Å². The highest BCUT2D eigenvalue weighted by atomic mass is 35.5. The maximum Gasteiger partial charge on any atom is 0.202 e. The maximum absolute atomic E-state index is 13.4. The standard InChI is InChI=1S/C13H9ClFNO2S/c14-13-10(4-3-8-16-13)7-9-19(17,18)12-6-2-1-5-11(12)15/h1-9H/b9-7-. The van der Waals surface area contributed by atoms with Crippen molar-refractivity contribution in [3.05, 3.63) is 64.5 Å². The van der Waals surface area contributed by atoms with Crippen molar-refractivity contribution in [2.24, 2.45) is 0 Å². The minimum atomic E-state index is -3.85. The molecule has 0 radical (unpaired) electrons. The summed E-state index contributed by atoms with van der Waals surface area (Å²) in [4.78, 5) is 3.45. The highest BCUT2D eigenvalue weighted by Crippen LogP contribution is 2.19. The van der Waals surface area contributed by atoms with Crippen LogP contribution in [0.2, 0.25) is 5.15 Å². The molecular formula is C13H9ClFNO2S. The van der Waals surface area contributed by atoms with Gasteiger partial charge in [-0.25, -0.2) is 17.8 Å². The van der Waals surface area contributed by atoms with Gasteiger partial charge in [0.2, 0.25) is 9.84 Å². The molecule has 0 aliphatic heterocycles. The molecule has 1 aromatic heterocycles. The lowest BCUT2D eigenvalue weighted by molar-refractivity contribution is 0.572. The van der Waals surface area contributed by atoms with E-state index in [1.807, 2.05) is 0 Å². The van der Waals surface area contributed by atoms with Gasteiger partial charge in [0, 0.05) is 17.2 Å². The molecule has 0 unspecified atom stereocenters. The number of aromatic nitrogens is 1. The van der Waals surface area contributed by atoms with Gasteiger partial charge in [-0.05, 0) is 24.3 Å². The number of halogens is 2. The molecule has 2 rings (SSSR count). The zero-order chi connectivity index (χ0) is 13.9. The lowest BCUT2D eigenvalue weighted by Crippen LogP contribution is -1.99. The predicted octanol–water partition coefficient (Wildman–Crippen LogP) is 3.32. The van der Waals surface area contributed by atoms with Crippen LogP contribution in [0.5, 0.6) is 0 Å². The number of hydrogen-bond acceptors (Lipinski definition) is 3. The molecule has 6 heteroatoms. The molecule has 1 heterocycles. The Kier molecular flexibility index (Phi) is 3.97. The third-order valence-electron chi connectivity index (χ3n) is 2.36. The molecule has 0 bridgehead atoms. The highest BCUT2D eigenvalue weighted by molar-refractivity contribution is 7.94. The van der Waals surface area contributed by atoms with Gasteiger partial charge in [0.1, 0.15) is 15.9 Å². The Morgan fingerprint density at radius 2 is 1.89 bits per heavy atom. The molecule has 0 spiro atoms. The third-order valence-corrected chi connectivity index (χ3v) is 4.11. The average Bonchev–Trinajstić information content (AvgIpc) is 2.38. The van der Waals surface area contributed by atoms with Crippen molar-refractivity contribution in [3.8, 4) is 0 Å². The van der Waals surface area contributed by atoms with Gasteiger partial charge in [-0.15, -0.1) is 0 Å². The van der Waals surface area contributed by atoms with Gasteiger partial charge in [0.25, 0.3) is 0 Å². The van der Waals surface area contributed by atoms with Crippen molar-refractivity contribution in [2.75, 3.05) is 0 Å². The van der Waals surface area contributed by atoms with E-state index in [0.717, 1.165) is 11.5 Å². The minimum Gasteiger partial charge on any atom is -0.244 e. The fraction of sp³-hybridized carbons (Fsp3) is 0. The molecule has 1 aromatic carbocycles. The van der Waals surface area contributed by atoms with Gasteiger partial charge in [-0.3, -0.25) is 0 Å². The molecule has 2 aromatic rings. The van der Waals surface area contributed by atoms with Gasteiger partial charge in [0.05, 0.1) is 0 Å². The Balaban J connectivity index is 2.38. The second-order valence-electron chi connectivity index (χ2n) is 3.66. The Bertz CT molecular complexity index is 729. The summed E-state index contributed by atoms with van der Waals surface area (Å²) in [5, 5.41) is 1.09. The van der Waals surface area contributed by atoms with Crippen LogP contribution >= 0.6 is 11.6 Å². The van der Waals surface area contributed by atoms with Crippen molar-refractivity contribution in [1.82, 2.24) is 4.98 Å². The number of rotatable bonds is 3. The van der Waals surface area contributed by atoms with Gasteiger partial charge >= 0.3 is 0 Å². The number of benzene rings is 1. The fourth-order valence-electron chi connectivity index (χ4n) is 1.43. The quantitative estimate of drug-likeness (QED) is 0.817. The van der Waals surface area contributed by atoms with Crippen molar-refractivity contribution >= 4 is 27.5 Å². The SMILES string of the molecule is O=S(=O)(/C=C\c1cccnc1Cl)c1ccccc1F. The zero-order valence-corrected chi connectivity index (χ0v) is 11.2. The largest absolute Gasteiger partial charge is 0.244 e. The van der Waals surface area contributed by atoms with Crippen molar-refractivity contribution in [2.45, 2.75) is 4.90 Å². The van der Waals surface area contributed by atoms with Crippen LogP contribution in [0.25, 0.3) is 6.08 Å². The molecule has 0 atom stereocenters. The number of hydrogen-bond donors (Lipinski definition) is 0. The van der Waals surface area contributed by atoms with E-state index in [2.05, 4.69) is 4.98 Å². The molecule has 0 aliphatic carbocycles. The number of nitrogens with zero attached hydrogens (tertiary/aromatic N) is 1. The van der Waals surface area contributed by atoms with Crippen LogP contribution in [0.4, 0.5) is 4.39 Å². The molecule has 3 nitrogen and oxygen atoms in total. The number of sulfone groups is 1. The van der Waals surface area contributed by atoms with Crippen molar-refractivity contribution in [1.29, 1.82) is 0 Å². The first kappa shape index (κ1) is 13.7. The lowest BCUT2D eigenvalue weighted by Gasteiger charge is -2.00. The van der Waals surface area contributed by atoms with Gasteiger partial charge in [-0.2, -0.15) is 0 Å². The third kappa shape index (κ3) is 3.19. The van der Waals surface area contributed by atoms with Gasteiger partial charge in [0.15, 0.2) is 0 Å². The summed E-state index contributed by atoms with van der Waals surface area (Å²) in [6.45, 7) is 0. The monoisotopic (exact) mass is 297 g/mol. The van der Waals surface area contributed by atoms with Crippen LogP contribution in [0, 0.1) is 5.82 Å². The van der Waals surface area contributed by atoms with Gasteiger partial charge in [-0.1, -0.05) is 29.8 Å². The minimum absolute atomic E-state index is 0.183. The Morgan fingerprint density at radius 3 is 2.58 bits per heavy atom. The van der Waals surface area contributed by atoms with Crippen molar-refractivity contribution < 1.29 is 12.8 Å². The summed E-state index contributed by atoms with van der Waals surface area (Å²) in [5.74, 6) is -0.788. The van der Waals surface area contributed by atoms with Gasteiger partial charge < -0.3 is 0 Å². The van der Waals surface area contributed by atoms with E-state index in [4.69, 9.17) is 11.6 Å². The van der Waals surface area contributed by atoms with E-state index < -0.39 is 15.7 Å². The Morgan fingerprint density at radius 1 is 1.16 bits per heavy atom. The summed E-state index contributed by atoms with van der Waals surface area (Å²) in [7, 11) is -3.85. The van der Waals surface area contributed by atoms with E-state index in [1.54, 1.807) is 12.1 Å². The van der Waals surface area contributed by atoms with E-state index in [1.165, 1.54) is 30.5 Å². The van der Waals surface area contributed by atoms with E-state index >= 15 is 0 Å². The second kappa shape index (κ2) is 5.50. The summed E-state index contributed by atoms with van der Waals surface area (Å²) >= 11 is 5.80. The zero-order valence-electron chi connectivity index (χ0n) is 9.62. The highest BCUT2D eigenvalue weighted by Gasteiger charge is 2.15. The topological polar surface area (TPSA) is 47.0 Å². The molecule has 0 saturated carbocycles. The predicted molar refractivity (Wildman–Crippen MR) is 71.9 cm³/mol. The smallest absolute Gasteiger partial charge is 0.202 e. The first-order valence-electron chi connectivity index (χ1n) is 5.29. The Hall–Kier alpha value is -1.72. The fourth-order valence-corrected chi connectivity index (χ4v) is 2.70. The van der Waals surface area contributed by atoms with Crippen molar-refractivity contribution in [3.63, 3.8) is 0 Å². The average molecular weight is 298 g/mol. The first-order valence-corrected chi connectivity index (χ1v) is 7.21. The molecule has 19 heavy (non-hydrogen) atoms. The summed E-state index contributed by atoms with van der Waals surface area (Å²) in [6.07, 6.45) is 2.78. The molecule has 0 amide bonds. The van der Waals surface area contributed by atoms with Crippen LogP contribution < -0.4 is 0 Å². The van der Waals surface area contributed by atoms with Crippen LogP contribution in [0.3, 0.4) is 0 Å². The van der Waals surface area contributed by atoms with E-state index in [0.29, 0.717) is 5.56 Å². The number of pyridine rings is 1. The molecule has 0 aliphatic rings. The van der Waals surface area contributed by atoms with Crippen LogP contribution in [0.15, 0.2) is 52.9 Å². The molecule has 0 fully saturated rings. The molecule has 0 saturated heterocycles. The second-order valence-corrected chi connectivity index (χ2v) is 5.82. The van der Waals surface area contributed by atoms with Crippen LogP contribution in [-0.2, 0) is 9.84 Å². The van der Waals surface area contributed by atoms with E-state index in [-0.39, 0.29) is 10.0 Å².